The van der Waals surface area contributed by atoms with Gasteiger partial charge in [-0.1, -0.05) is 18.5 Å². The van der Waals surface area contributed by atoms with Crippen LogP contribution in [0.2, 0.25) is 5.15 Å². The Hall–Kier alpha value is -1.75. The van der Waals surface area contributed by atoms with Gasteiger partial charge < -0.3 is 5.32 Å². The first-order chi connectivity index (χ1) is 9.58. The van der Waals surface area contributed by atoms with Crippen LogP contribution in [0, 0.1) is 11.6 Å². The van der Waals surface area contributed by atoms with E-state index < -0.39 is 11.6 Å². The topological polar surface area (TPSA) is 37.8 Å². The first-order valence-corrected chi connectivity index (χ1v) is 6.67. The summed E-state index contributed by atoms with van der Waals surface area (Å²) < 4.78 is 26.5. The first-order valence-electron chi connectivity index (χ1n) is 6.29. The molecule has 0 atom stereocenters. The van der Waals surface area contributed by atoms with E-state index in [9.17, 15) is 8.78 Å². The summed E-state index contributed by atoms with van der Waals surface area (Å²) in [4.78, 5) is 8.36. The fraction of sp³-hybridized carbons (Fsp3) is 0.286. The lowest BCUT2D eigenvalue weighted by molar-refractivity contribution is 0.587. The molecule has 0 spiro atoms. The number of nitrogens with zero attached hydrogens (tertiary/aromatic N) is 2. The van der Waals surface area contributed by atoms with Crippen molar-refractivity contribution in [2.24, 2.45) is 0 Å². The Balaban J connectivity index is 2.12. The van der Waals surface area contributed by atoms with Crippen LogP contribution in [0.4, 0.5) is 14.6 Å². The largest absolute Gasteiger partial charge is 0.366 e. The van der Waals surface area contributed by atoms with Crippen LogP contribution in [-0.4, -0.2) is 9.97 Å². The molecule has 0 aliphatic carbocycles. The van der Waals surface area contributed by atoms with Crippen molar-refractivity contribution in [3.63, 3.8) is 0 Å². The molecule has 1 N–H and O–H groups in total. The predicted octanol–water partition coefficient (Wildman–Crippen LogP) is 3.97. The highest BCUT2D eigenvalue weighted by Crippen LogP contribution is 2.15. The standard InChI is InChI=1S/C14H14ClF2N3/c1-2-3-13-19-12(15)7-14(20-13)18-8-9-6-10(16)4-5-11(9)17/h4-7H,2-3,8H2,1H3,(H,18,19,20). The summed E-state index contributed by atoms with van der Waals surface area (Å²) in [6, 6.07) is 4.89. The van der Waals surface area contributed by atoms with Crippen LogP contribution in [0.25, 0.3) is 0 Å². The lowest BCUT2D eigenvalue weighted by Crippen LogP contribution is -2.06. The van der Waals surface area contributed by atoms with Crippen molar-refractivity contribution in [2.75, 3.05) is 5.32 Å². The van der Waals surface area contributed by atoms with Crippen molar-refractivity contribution >= 4 is 17.4 Å². The van der Waals surface area contributed by atoms with Gasteiger partial charge in [-0.3, -0.25) is 0 Å². The molecule has 20 heavy (non-hydrogen) atoms. The van der Waals surface area contributed by atoms with Crippen LogP contribution in [0.5, 0.6) is 0 Å². The molecule has 1 aromatic heterocycles. The molecule has 2 aromatic rings. The summed E-state index contributed by atoms with van der Waals surface area (Å²) in [5, 5.41) is 3.25. The van der Waals surface area contributed by atoms with Gasteiger partial charge in [0.2, 0.25) is 0 Å². The van der Waals surface area contributed by atoms with Gasteiger partial charge in [0.05, 0.1) is 0 Å². The second-order valence-corrected chi connectivity index (χ2v) is 4.72. The van der Waals surface area contributed by atoms with Gasteiger partial charge in [0, 0.05) is 24.6 Å². The molecular weight excluding hydrogens is 284 g/mol. The molecule has 0 unspecified atom stereocenters. The number of nitrogens with one attached hydrogen (secondary N) is 1. The fourth-order valence-electron chi connectivity index (χ4n) is 1.76. The number of hydrogen-bond acceptors (Lipinski definition) is 3. The summed E-state index contributed by atoms with van der Waals surface area (Å²) in [7, 11) is 0. The Bertz CT molecular complexity index is 605. The minimum Gasteiger partial charge on any atom is -0.366 e. The van der Waals surface area contributed by atoms with Gasteiger partial charge in [-0.15, -0.1) is 0 Å². The van der Waals surface area contributed by atoms with Gasteiger partial charge in [0.25, 0.3) is 0 Å². The van der Waals surface area contributed by atoms with Crippen molar-refractivity contribution in [1.29, 1.82) is 0 Å². The minimum atomic E-state index is -0.476. The van der Waals surface area contributed by atoms with E-state index in [1.54, 1.807) is 6.07 Å². The third kappa shape index (κ3) is 3.87. The molecule has 0 bridgehead atoms. The van der Waals surface area contributed by atoms with Gasteiger partial charge in [-0.25, -0.2) is 18.7 Å². The fourth-order valence-corrected chi connectivity index (χ4v) is 1.96. The zero-order chi connectivity index (χ0) is 14.5. The smallest absolute Gasteiger partial charge is 0.134 e. The van der Waals surface area contributed by atoms with E-state index in [1.165, 1.54) is 0 Å². The Morgan fingerprint density at radius 3 is 2.75 bits per heavy atom. The maximum atomic E-state index is 13.5. The van der Waals surface area contributed by atoms with E-state index in [0.717, 1.165) is 24.6 Å². The van der Waals surface area contributed by atoms with Crippen LogP contribution in [0.15, 0.2) is 24.3 Å². The van der Waals surface area contributed by atoms with E-state index in [-0.39, 0.29) is 12.1 Å². The van der Waals surface area contributed by atoms with Crippen LogP contribution in [-0.2, 0) is 13.0 Å². The maximum Gasteiger partial charge on any atom is 0.134 e. The monoisotopic (exact) mass is 297 g/mol. The quantitative estimate of drug-likeness (QED) is 0.849. The Labute approximate surface area is 121 Å². The third-order valence-electron chi connectivity index (χ3n) is 2.68. The maximum absolute atomic E-state index is 13.5. The molecule has 0 saturated heterocycles. The van der Waals surface area contributed by atoms with E-state index in [1.807, 2.05) is 6.92 Å². The van der Waals surface area contributed by atoms with Gasteiger partial charge in [0.15, 0.2) is 0 Å². The van der Waals surface area contributed by atoms with E-state index in [4.69, 9.17) is 11.6 Å². The number of aromatic nitrogens is 2. The molecule has 3 nitrogen and oxygen atoms in total. The number of aryl methyl sites for hydroxylation is 1. The molecule has 0 aliphatic heterocycles. The number of halogens is 3. The highest BCUT2D eigenvalue weighted by Gasteiger charge is 2.06. The highest BCUT2D eigenvalue weighted by atomic mass is 35.5. The molecule has 0 aliphatic rings. The van der Waals surface area contributed by atoms with Crippen molar-refractivity contribution in [1.82, 2.24) is 9.97 Å². The summed E-state index contributed by atoms with van der Waals surface area (Å²) in [6.07, 6.45) is 1.61. The summed E-state index contributed by atoms with van der Waals surface area (Å²) in [6.45, 7) is 2.14. The van der Waals surface area contributed by atoms with Gasteiger partial charge >= 0.3 is 0 Å². The molecule has 2 rings (SSSR count). The van der Waals surface area contributed by atoms with E-state index >= 15 is 0 Å². The molecule has 0 radical (unpaired) electrons. The zero-order valence-corrected chi connectivity index (χ0v) is 11.7. The molecule has 0 amide bonds. The van der Waals surface area contributed by atoms with Crippen molar-refractivity contribution in [3.8, 4) is 0 Å². The number of hydrogen-bond donors (Lipinski definition) is 1. The minimum absolute atomic E-state index is 0.127. The van der Waals surface area contributed by atoms with Crippen LogP contribution in [0.1, 0.15) is 24.7 Å². The van der Waals surface area contributed by atoms with E-state index in [0.29, 0.717) is 23.2 Å². The second kappa shape index (κ2) is 6.61. The summed E-state index contributed by atoms with van der Waals surface area (Å²) in [5.74, 6) is 0.183. The third-order valence-corrected chi connectivity index (χ3v) is 2.88. The Morgan fingerprint density at radius 2 is 2.00 bits per heavy atom. The lowest BCUT2D eigenvalue weighted by atomic mass is 10.2. The predicted molar refractivity (Wildman–Crippen MR) is 74.7 cm³/mol. The lowest BCUT2D eigenvalue weighted by Gasteiger charge is -2.08. The van der Waals surface area contributed by atoms with Crippen molar-refractivity contribution in [3.05, 3.63) is 52.4 Å². The van der Waals surface area contributed by atoms with E-state index in [2.05, 4.69) is 15.3 Å². The van der Waals surface area contributed by atoms with Gasteiger partial charge in [-0.05, 0) is 24.6 Å². The van der Waals surface area contributed by atoms with Gasteiger partial charge in [0.1, 0.15) is 28.4 Å². The Morgan fingerprint density at radius 1 is 1.20 bits per heavy atom. The number of rotatable bonds is 5. The SMILES string of the molecule is CCCc1nc(Cl)cc(NCc2cc(F)ccc2F)n1. The first kappa shape index (κ1) is 14.7. The summed E-state index contributed by atoms with van der Waals surface area (Å²) >= 11 is 5.90. The molecule has 6 heteroatoms. The Kier molecular flexibility index (Phi) is 4.84. The van der Waals surface area contributed by atoms with Crippen LogP contribution < -0.4 is 5.32 Å². The normalized spacial score (nSPS) is 10.6. The van der Waals surface area contributed by atoms with Crippen molar-refractivity contribution in [2.45, 2.75) is 26.3 Å². The molecule has 1 aromatic carbocycles. The van der Waals surface area contributed by atoms with Crippen LogP contribution >= 0.6 is 11.6 Å². The average Bonchev–Trinajstić information content (AvgIpc) is 2.40. The molecular formula is C14H14ClF2N3. The highest BCUT2D eigenvalue weighted by molar-refractivity contribution is 6.29. The second-order valence-electron chi connectivity index (χ2n) is 4.33. The molecule has 0 fully saturated rings. The van der Waals surface area contributed by atoms with Gasteiger partial charge in [-0.2, -0.15) is 0 Å². The average molecular weight is 298 g/mol. The van der Waals surface area contributed by atoms with Crippen LogP contribution in [0.3, 0.4) is 0 Å². The van der Waals surface area contributed by atoms with Crippen molar-refractivity contribution < 1.29 is 8.78 Å². The molecule has 106 valence electrons. The number of benzene rings is 1. The number of anilines is 1. The summed E-state index contributed by atoms with van der Waals surface area (Å²) in [5.41, 5.74) is 0.233. The zero-order valence-electron chi connectivity index (χ0n) is 11.0. The molecule has 0 saturated carbocycles. The molecule has 1 heterocycles.